The van der Waals surface area contributed by atoms with Crippen molar-refractivity contribution in [3.05, 3.63) is 29.3 Å². The molecule has 2 fully saturated rings. The van der Waals surface area contributed by atoms with Crippen LogP contribution in [0.1, 0.15) is 36.0 Å². The molecule has 4 rings (SSSR count). The quantitative estimate of drug-likeness (QED) is 0.948. The van der Waals surface area contributed by atoms with Crippen molar-refractivity contribution in [1.82, 2.24) is 15.2 Å². The number of hydrogen-bond acceptors (Lipinski definition) is 4. The summed E-state index contributed by atoms with van der Waals surface area (Å²) in [6.07, 6.45) is 4.98. The maximum absolute atomic E-state index is 12.4. The van der Waals surface area contributed by atoms with Crippen molar-refractivity contribution in [2.24, 2.45) is 0 Å². The average molecular weight is 301 g/mol. The van der Waals surface area contributed by atoms with Crippen LogP contribution in [0.3, 0.4) is 0 Å². The van der Waals surface area contributed by atoms with Crippen LogP contribution in [0.15, 0.2) is 23.7 Å². The Morgan fingerprint density at radius 1 is 1.33 bits per heavy atom. The standard InChI is InChI=1S/C16H19N3OS/c20-15(12-3-4-13-14(9-12)21-11-18-13)17-10-16-5-1-7-19(16)8-2-6-16/h3-4,9,11H,1-2,5-8,10H2,(H,17,20). The highest BCUT2D eigenvalue weighted by molar-refractivity contribution is 7.16. The number of thiazole rings is 1. The van der Waals surface area contributed by atoms with Crippen LogP contribution in [0.25, 0.3) is 10.2 Å². The number of fused-ring (bicyclic) bond motifs is 2. The Hall–Kier alpha value is -1.46. The number of nitrogens with one attached hydrogen (secondary N) is 1. The Bertz CT molecular complexity index is 671. The Labute approximate surface area is 128 Å². The van der Waals surface area contributed by atoms with Crippen LogP contribution in [0.2, 0.25) is 0 Å². The minimum absolute atomic E-state index is 0.0402. The zero-order chi connectivity index (χ0) is 14.3. The fourth-order valence-electron chi connectivity index (χ4n) is 3.86. The number of carbonyl (C=O) groups is 1. The van der Waals surface area contributed by atoms with E-state index in [1.165, 1.54) is 38.8 Å². The van der Waals surface area contributed by atoms with E-state index in [-0.39, 0.29) is 11.4 Å². The zero-order valence-electron chi connectivity index (χ0n) is 12.0. The van der Waals surface area contributed by atoms with Crippen LogP contribution in [0, 0.1) is 0 Å². The number of rotatable bonds is 3. The van der Waals surface area contributed by atoms with Crippen molar-refractivity contribution in [3.8, 4) is 0 Å². The van der Waals surface area contributed by atoms with Gasteiger partial charge in [0, 0.05) is 17.6 Å². The van der Waals surface area contributed by atoms with Gasteiger partial charge < -0.3 is 5.32 Å². The van der Waals surface area contributed by atoms with E-state index < -0.39 is 0 Å². The molecule has 0 saturated carbocycles. The number of aromatic nitrogens is 1. The van der Waals surface area contributed by atoms with Crippen LogP contribution in [0.4, 0.5) is 0 Å². The van der Waals surface area contributed by atoms with E-state index in [1.54, 1.807) is 11.3 Å². The van der Waals surface area contributed by atoms with Crippen molar-refractivity contribution in [3.63, 3.8) is 0 Å². The summed E-state index contributed by atoms with van der Waals surface area (Å²) < 4.78 is 1.07. The van der Waals surface area contributed by atoms with Crippen molar-refractivity contribution < 1.29 is 4.79 Å². The van der Waals surface area contributed by atoms with E-state index in [0.29, 0.717) is 0 Å². The molecule has 2 aliphatic rings. The highest BCUT2D eigenvalue weighted by Crippen LogP contribution is 2.38. The molecule has 4 nitrogen and oxygen atoms in total. The fraction of sp³-hybridized carbons (Fsp3) is 0.500. The Morgan fingerprint density at radius 3 is 2.95 bits per heavy atom. The molecule has 0 aliphatic carbocycles. The summed E-state index contributed by atoms with van der Waals surface area (Å²) in [6, 6.07) is 5.74. The van der Waals surface area contributed by atoms with Gasteiger partial charge in [-0.3, -0.25) is 9.69 Å². The topological polar surface area (TPSA) is 45.2 Å². The molecule has 0 unspecified atom stereocenters. The third-order valence-corrected chi connectivity index (χ3v) is 5.77. The predicted octanol–water partition coefficient (Wildman–Crippen LogP) is 2.65. The fourth-order valence-corrected chi connectivity index (χ4v) is 4.57. The first-order valence-electron chi connectivity index (χ1n) is 7.63. The van der Waals surface area contributed by atoms with Gasteiger partial charge in [-0.2, -0.15) is 0 Å². The molecule has 0 bridgehead atoms. The molecule has 0 atom stereocenters. The second kappa shape index (κ2) is 5.07. The van der Waals surface area contributed by atoms with Crippen LogP contribution >= 0.6 is 11.3 Å². The summed E-state index contributed by atoms with van der Waals surface area (Å²) in [5.41, 5.74) is 3.77. The summed E-state index contributed by atoms with van der Waals surface area (Å²) >= 11 is 1.58. The molecular weight excluding hydrogens is 282 g/mol. The summed E-state index contributed by atoms with van der Waals surface area (Å²) in [6.45, 7) is 3.18. The Kier molecular flexibility index (Phi) is 3.19. The maximum Gasteiger partial charge on any atom is 0.251 e. The first-order valence-corrected chi connectivity index (χ1v) is 8.51. The molecule has 110 valence electrons. The Balaban J connectivity index is 1.48. The van der Waals surface area contributed by atoms with E-state index >= 15 is 0 Å². The van der Waals surface area contributed by atoms with Crippen LogP contribution in [-0.2, 0) is 0 Å². The lowest BCUT2D eigenvalue weighted by atomic mass is 9.94. The van der Waals surface area contributed by atoms with Gasteiger partial charge in [0.15, 0.2) is 0 Å². The molecule has 5 heteroatoms. The van der Waals surface area contributed by atoms with Gasteiger partial charge in [-0.15, -0.1) is 11.3 Å². The SMILES string of the molecule is O=C(NCC12CCCN1CCC2)c1ccc2ncsc2c1. The number of amides is 1. The van der Waals surface area contributed by atoms with E-state index in [9.17, 15) is 4.79 Å². The number of nitrogens with zero attached hydrogens (tertiary/aromatic N) is 2. The minimum Gasteiger partial charge on any atom is -0.350 e. The summed E-state index contributed by atoms with van der Waals surface area (Å²) in [5, 5.41) is 3.16. The van der Waals surface area contributed by atoms with Gasteiger partial charge in [0.1, 0.15) is 0 Å². The molecule has 3 heterocycles. The first-order chi connectivity index (χ1) is 10.3. The lowest BCUT2D eigenvalue weighted by molar-refractivity contribution is 0.0919. The average Bonchev–Trinajstić information content (AvgIpc) is 3.18. The van der Waals surface area contributed by atoms with Gasteiger partial charge >= 0.3 is 0 Å². The second-order valence-corrected chi connectivity index (χ2v) is 7.02. The molecule has 2 aliphatic heterocycles. The van der Waals surface area contributed by atoms with E-state index in [4.69, 9.17) is 0 Å². The Morgan fingerprint density at radius 2 is 2.14 bits per heavy atom. The monoisotopic (exact) mass is 301 g/mol. The summed E-state index contributed by atoms with van der Waals surface area (Å²) in [5.74, 6) is 0.0402. The maximum atomic E-state index is 12.4. The van der Waals surface area contributed by atoms with Crippen molar-refractivity contribution in [1.29, 1.82) is 0 Å². The summed E-state index contributed by atoms with van der Waals surface area (Å²) in [4.78, 5) is 19.2. The normalized spacial score (nSPS) is 20.8. The van der Waals surface area contributed by atoms with Gasteiger partial charge in [0.05, 0.1) is 15.7 Å². The van der Waals surface area contributed by atoms with Gasteiger partial charge in [0.2, 0.25) is 0 Å². The van der Waals surface area contributed by atoms with Crippen molar-refractivity contribution in [2.45, 2.75) is 31.2 Å². The number of benzene rings is 1. The van der Waals surface area contributed by atoms with E-state index in [0.717, 1.165) is 22.3 Å². The highest BCUT2D eigenvalue weighted by Gasteiger charge is 2.44. The lowest BCUT2D eigenvalue weighted by Gasteiger charge is -2.32. The van der Waals surface area contributed by atoms with Crippen LogP contribution in [0.5, 0.6) is 0 Å². The largest absolute Gasteiger partial charge is 0.350 e. The van der Waals surface area contributed by atoms with Gasteiger partial charge in [-0.1, -0.05) is 0 Å². The van der Waals surface area contributed by atoms with Gasteiger partial charge in [0.25, 0.3) is 5.91 Å². The number of hydrogen-bond donors (Lipinski definition) is 1. The number of carbonyl (C=O) groups excluding carboxylic acids is 1. The van der Waals surface area contributed by atoms with Gasteiger partial charge in [-0.05, 0) is 57.0 Å². The van der Waals surface area contributed by atoms with Crippen molar-refractivity contribution >= 4 is 27.5 Å². The molecule has 1 amide bonds. The van der Waals surface area contributed by atoms with E-state index in [1.807, 2.05) is 23.7 Å². The second-order valence-electron chi connectivity index (χ2n) is 6.14. The summed E-state index contributed by atoms with van der Waals surface area (Å²) in [7, 11) is 0. The van der Waals surface area contributed by atoms with Crippen LogP contribution in [-0.4, -0.2) is 41.0 Å². The molecule has 0 radical (unpaired) electrons. The molecule has 21 heavy (non-hydrogen) atoms. The predicted molar refractivity (Wildman–Crippen MR) is 84.7 cm³/mol. The molecule has 1 aromatic heterocycles. The van der Waals surface area contributed by atoms with Crippen molar-refractivity contribution in [2.75, 3.05) is 19.6 Å². The third-order valence-electron chi connectivity index (χ3n) is 4.98. The molecule has 2 saturated heterocycles. The molecular formula is C16H19N3OS. The molecule has 0 spiro atoms. The van der Waals surface area contributed by atoms with Crippen LogP contribution < -0.4 is 5.32 Å². The smallest absolute Gasteiger partial charge is 0.251 e. The molecule has 1 aromatic carbocycles. The minimum atomic E-state index is 0.0402. The van der Waals surface area contributed by atoms with Gasteiger partial charge in [-0.25, -0.2) is 4.98 Å². The highest BCUT2D eigenvalue weighted by atomic mass is 32.1. The molecule has 2 aromatic rings. The first kappa shape index (κ1) is 13.2. The van der Waals surface area contributed by atoms with E-state index in [2.05, 4.69) is 15.2 Å². The lowest BCUT2D eigenvalue weighted by Crippen LogP contribution is -2.48. The zero-order valence-corrected chi connectivity index (χ0v) is 12.8. The molecule has 1 N–H and O–H groups in total. The third kappa shape index (κ3) is 2.24.